The average Bonchev–Trinajstić information content (AvgIpc) is 2.64. The number of carbonyl (C=O) groups excluding carboxylic acids is 1. The van der Waals surface area contributed by atoms with Gasteiger partial charge in [0, 0.05) is 31.7 Å². The minimum absolute atomic E-state index is 0.142. The standard InChI is InChI=1S/C21H33N3O3S/c1-17-13-18(2)16-23(15-17)10-6-9-22-21(25)19-7-5-8-20(14-19)24-11-3-4-12-28(24,26)27/h5,7-8,14,17-18H,3-4,6,9-13,15-16H2,1-2H3,(H,22,25)/t17-,18+. The smallest absolute Gasteiger partial charge is 0.251 e. The summed E-state index contributed by atoms with van der Waals surface area (Å²) in [6, 6.07) is 6.94. The van der Waals surface area contributed by atoms with E-state index in [1.54, 1.807) is 24.3 Å². The highest BCUT2D eigenvalue weighted by atomic mass is 32.2. The SMILES string of the molecule is C[C@@H]1C[C@H](C)CN(CCCNC(=O)c2cccc(N3CCCCS3(=O)=O)c2)C1. The van der Waals surface area contributed by atoms with Gasteiger partial charge < -0.3 is 10.2 Å². The van der Waals surface area contributed by atoms with Crippen molar-refractivity contribution >= 4 is 21.6 Å². The number of hydrogen-bond acceptors (Lipinski definition) is 4. The number of sulfonamides is 1. The van der Waals surface area contributed by atoms with Crippen LogP contribution in [0.5, 0.6) is 0 Å². The van der Waals surface area contributed by atoms with Gasteiger partial charge in [-0.2, -0.15) is 0 Å². The Hall–Kier alpha value is -1.60. The van der Waals surface area contributed by atoms with Gasteiger partial charge in [-0.15, -0.1) is 0 Å². The second kappa shape index (κ2) is 9.27. The van der Waals surface area contributed by atoms with Crippen molar-refractivity contribution in [3.05, 3.63) is 29.8 Å². The van der Waals surface area contributed by atoms with Gasteiger partial charge in [-0.25, -0.2) is 8.42 Å². The van der Waals surface area contributed by atoms with E-state index >= 15 is 0 Å². The summed E-state index contributed by atoms with van der Waals surface area (Å²) in [4.78, 5) is 15.0. The number of anilines is 1. The molecule has 156 valence electrons. The van der Waals surface area contributed by atoms with Gasteiger partial charge in [-0.1, -0.05) is 19.9 Å². The van der Waals surface area contributed by atoms with Crippen molar-refractivity contribution in [1.29, 1.82) is 0 Å². The van der Waals surface area contributed by atoms with Crippen LogP contribution in [0.15, 0.2) is 24.3 Å². The van der Waals surface area contributed by atoms with Crippen molar-refractivity contribution in [2.45, 2.75) is 39.5 Å². The molecule has 0 spiro atoms. The molecule has 2 heterocycles. The molecule has 28 heavy (non-hydrogen) atoms. The van der Waals surface area contributed by atoms with Crippen molar-refractivity contribution in [1.82, 2.24) is 10.2 Å². The number of nitrogens with zero attached hydrogens (tertiary/aromatic N) is 2. The van der Waals surface area contributed by atoms with Crippen molar-refractivity contribution in [2.75, 3.05) is 42.8 Å². The summed E-state index contributed by atoms with van der Waals surface area (Å²) in [5.74, 6) is 1.52. The monoisotopic (exact) mass is 407 g/mol. The first kappa shape index (κ1) is 21.1. The predicted octanol–water partition coefficient (Wildman–Crippen LogP) is 2.71. The molecule has 0 unspecified atom stereocenters. The zero-order valence-corrected chi connectivity index (χ0v) is 17.9. The highest BCUT2D eigenvalue weighted by Gasteiger charge is 2.26. The number of amides is 1. The first-order valence-corrected chi connectivity index (χ1v) is 12.1. The normalized spacial score (nSPS) is 25.4. The lowest BCUT2D eigenvalue weighted by Gasteiger charge is -2.34. The Labute approximate surface area is 169 Å². The topological polar surface area (TPSA) is 69.7 Å². The molecule has 0 radical (unpaired) electrons. The molecule has 0 aliphatic carbocycles. The molecule has 6 nitrogen and oxygen atoms in total. The average molecular weight is 408 g/mol. The van der Waals surface area contributed by atoms with E-state index in [0.29, 0.717) is 30.8 Å². The van der Waals surface area contributed by atoms with Crippen LogP contribution in [0.2, 0.25) is 0 Å². The van der Waals surface area contributed by atoms with E-state index in [4.69, 9.17) is 0 Å². The molecule has 0 saturated carbocycles. The van der Waals surface area contributed by atoms with Gasteiger partial charge >= 0.3 is 0 Å². The first-order chi connectivity index (χ1) is 13.3. The van der Waals surface area contributed by atoms with Gasteiger partial charge in [0.25, 0.3) is 5.91 Å². The molecule has 3 rings (SSSR count). The number of hydrogen-bond donors (Lipinski definition) is 1. The molecule has 0 bridgehead atoms. The number of nitrogens with one attached hydrogen (secondary N) is 1. The largest absolute Gasteiger partial charge is 0.352 e. The fourth-order valence-corrected chi connectivity index (χ4v) is 6.09. The molecule has 1 N–H and O–H groups in total. The lowest BCUT2D eigenvalue weighted by atomic mass is 9.92. The lowest BCUT2D eigenvalue weighted by Crippen LogP contribution is -2.40. The van der Waals surface area contributed by atoms with Crippen LogP contribution in [-0.2, 0) is 10.0 Å². The fourth-order valence-electron chi connectivity index (χ4n) is 4.46. The third-order valence-electron chi connectivity index (χ3n) is 5.63. The van der Waals surface area contributed by atoms with E-state index in [1.165, 1.54) is 10.7 Å². The van der Waals surface area contributed by atoms with Gasteiger partial charge in [0.1, 0.15) is 0 Å². The van der Waals surface area contributed by atoms with Crippen LogP contribution in [-0.4, -0.2) is 57.7 Å². The molecule has 2 aliphatic heterocycles. The molecule has 2 fully saturated rings. The van der Waals surface area contributed by atoms with Crippen LogP contribution in [0.1, 0.15) is 49.9 Å². The number of carbonyl (C=O) groups is 1. The van der Waals surface area contributed by atoms with Gasteiger partial charge in [0.15, 0.2) is 0 Å². The highest BCUT2D eigenvalue weighted by Crippen LogP contribution is 2.24. The number of piperidine rings is 1. The van der Waals surface area contributed by atoms with Gasteiger partial charge in [-0.05, 0) is 62.3 Å². The maximum atomic E-state index is 12.5. The molecular weight excluding hydrogens is 374 g/mol. The van der Waals surface area contributed by atoms with Crippen molar-refractivity contribution in [3.63, 3.8) is 0 Å². The van der Waals surface area contributed by atoms with Gasteiger partial charge in [-0.3, -0.25) is 9.10 Å². The van der Waals surface area contributed by atoms with Crippen LogP contribution in [0, 0.1) is 11.8 Å². The molecule has 7 heteroatoms. The molecule has 2 saturated heterocycles. The second-order valence-electron chi connectivity index (χ2n) is 8.46. The fraction of sp³-hybridized carbons (Fsp3) is 0.667. The quantitative estimate of drug-likeness (QED) is 0.736. The van der Waals surface area contributed by atoms with Crippen LogP contribution >= 0.6 is 0 Å². The van der Waals surface area contributed by atoms with Gasteiger partial charge in [0.05, 0.1) is 11.4 Å². The van der Waals surface area contributed by atoms with E-state index < -0.39 is 10.0 Å². The third kappa shape index (κ3) is 5.47. The molecule has 1 aromatic rings. The predicted molar refractivity (Wildman–Crippen MR) is 113 cm³/mol. The summed E-state index contributed by atoms with van der Waals surface area (Å²) >= 11 is 0. The molecule has 0 aromatic heterocycles. The van der Waals surface area contributed by atoms with Crippen molar-refractivity contribution < 1.29 is 13.2 Å². The van der Waals surface area contributed by atoms with Crippen LogP contribution in [0.25, 0.3) is 0 Å². The van der Waals surface area contributed by atoms with Crippen molar-refractivity contribution in [3.8, 4) is 0 Å². The van der Waals surface area contributed by atoms with E-state index in [-0.39, 0.29) is 11.7 Å². The molecular formula is C21H33N3O3S. The van der Waals surface area contributed by atoms with Crippen LogP contribution in [0.4, 0.5) is 5.69 Å². The van der Waals surface area contributed by atoms with E-state index in [2.05, 4.69) is 24.1 Å². The maximum Gasteiger partial charge on any atom is 0.251 e. The molecule has 2 aliphatic rings. The van der Waals surface area contributed by atoms with Crippen LogP contribution < -0.4 is 9.62 Å². The Balaban J connectivity index is 1.51. The summed E-state index contributed by atoms with van der Waals surface area (Å²) in [5, 5.41) is 2.98. The first-order valence-electron chi connectivity index (χ1n) is 10.5. The number of likely N-dealkylation sites (tertiary alicyclic amines) is 1. The van der Waals surface area contributed by atoms with E-state index in [9.17, 15) is 13.2 Å². The molecule has 1 aromatic carbocycles. The van der Waals surface area contributed by atoms with E-state index in [1.807, 2.05) is 0 Å². The van der Waals surface area contributed by atoms with E-state index in [0.717, 1.165) is 44.3 Å². The number of rotatable bonds is 6. The zero-order chi connectivity index (χ0) is 20.1. The Morgan fingerprint density at radius 2 is 1.93 bits per heavy atom. The third-order valence-corrected chi connectivity index (χ3v) is 7.50. The summed E-state index contributed by atoms with van der Waals surface area (Å²) in [6.45, 7) is 9.01. The number of benzene rings is 1. The second-order valence-corrected chi connectivity index (χ2v) is 10.5. The summed E-state index contributed by atoms with van der Waals surface area (Å²) < 4.78 is 26.0. The summed E-state index contributed by atoms with van der Waals surface area (Å²) in [5.41, 5.74) is 1.10. The van der Waals surface area contributed by atoms with Crippen molar-refractivity contribution in [2.24, 2.45) is 11.8 Å². The summed E-state index contributed by atoms with van der Waals surface area (Å²) in [6.07, 6.45) is 3.78. The minimum atomic E-state index is -3.27. The Bertz CT molecular complexity index is 771. The van der Waals surface area contributed by atoms with Crippen LogP contribution in [0.3, 0.4) is 0 Å². The van der Waals surface area contributed by atoms with Gasteiger partial charge in [0.2, 0.25) is 10.0 Å². The zero-order valence-electron chi connectivity index (χ0n) is 17.1. The molecule has 2 atom stereocenters. The maximum absolute atomic E-state index is 12.5. The minimum Gasteiger partial charge on any atom is -0.352 e. The molecule has 1 amide bonds. The lowest BCUT2D eigenvalue weighted by molar-refractivity contribution is 0.0947. The Morgan fingerprint density at radius 1 is 1.18 bits per heavy atom. The highest BCUT2D eigenvalue weighted by molar-refractivity contribution is 7.92. The Morgan fingerprint density at radius 3 is 2.64 bits per heavy atom. The Kier molecular flexibility index (Phi) is 6.99. The summed E-state index contributed by atoms with van der Waals surface area (Å²) in [7, 11) is -3.27.